The Hall–Kier alpha value is -1.39. The molecule has 3 rings (SSSR count). The molecule has 1 N–H and O–H groups in total. The highest BCUT2D eigenvalue weighted by atomic mass is 32.2. The van der Waals surface area contributed by atoms with Gasteiger partial charge in [-0.15, -0.1) is 10.2 Å². The molecule has 0 aliphatic carbocycles. The zero-order valence-electron chi connectivity index (χ0n) is 16.4. The molecule has 0 saturated carbocycles. The van der Waals surface area contributed by atoms with Crippen LogP contribution in [0.3, 0.4) is 0 Å². The van der Waals surface area contributed by atoms with Crippen molar-refractivity contribution < 1.29 is 19.1 Å². The molecule has 2 unspecified atom stereocenters. The van der Waals surface area contributed by atoms with Crippen molar-refractivity contribution in [3.05, 3.63) is 0 Å². The third-order valence-corrected chi connectivity index (χ3v) is 7.02. The van der Waals surface area contributed by atoms with E-state index < -0.39 is 0 Å². The van der Waals surface area contributed by atoms with Gasteiger partial charge in [-0.05, 0) is 39.5 Å². The predicted octanol–water partition coefficient (Wildman–Crippen LogP) is 2.41. The Labute approximate surface area is 173 Å². The molecule has 2 saturated heterocycles. The highest BCUT2D eigenvalue weighted by Crippen LogP contribution is 2.31. The van der Waals surface area contributed by atoms with Gasteiger partial charge in [0.05, 0.1) is 23.9 Å². The molecule has 0 bridgehead atoms. The summed E-state index contributed by atoms with van der Waals surface area (Å²) in [6.45, 7) is 6.87. The van der Waals surface area contributed by atoms with Crippen molar-refractivity contribution in [1.29, 1.82) is 0 Å². The van der Waals surface area contributed by atoms with Crippen molar-refractivity contribution in [3.63, 3.8) is 0 Å². The maximum atomic E-state index is 12.7. The number of hydrogen-bond acceptors (Lipinski definition) is 9. The van der Waals surface area contributed by atoms with E-state index in [0.717, 1.165) is 35.5 Å². The Bertz CT molecular complexity index is 658. The Morgan fingerprint density at radius 1 is 1.36 bits per heavy atom. The monoisotopic (exact) mass is 428 g/mol. The summed E-state index contributed by atoms with van der Waals surface area (Å²) >= 11 is 2.89. The maximum Gasteiger partial charge on any atom is 0.309 e. The zero-order valence-corrected chi connectivity index (χ0v) is 18.0. The minimum Gasteiger partial charge on any atom is -0.466 e. The van der Waals surface area contributed by atoms with Crippen molar-refractivity contribution >= 4 is 40.1 Å². The predicted molar refractivity (Wildman–Crippen MR) is 109 cm³/mol. The van der Waals surface area contributed by atoms with E-state index in [4.69, 9.17) is 9.47 Å². The number of nitrogens with zero attached hydrogens (tertiary/aromatic N) is 3. The Balaban J connectivity index is 1.42. The standard InChI is InChI=1S/C18H28N4O4S2/c1-3-25-16(24)13-6-8-22(9-7-13)15(23)12(2)27-18-21-20-17(28-18)19-11-14-5-4-10-26-14/h12-14H,3-11H2,1-2H3,(H,19,20). The number of esters is 1. The second-order valence-electron chi connectivity index (χ2n) is 7.00. The molecule has 0 spiro atoms. The molecule has 1 amide bonds. The summed E-state index contributed by atoms with van der Waals surface area (Å²) in [4.78, 5) is 26.4. The van der Waals surface area contributed by atoms with Gasteiger partial charge >= 0.3 is 5.97 Å². The Morgan fingerprint density at radius 2 is 2.14 bits per heavy atom. The molecule has 3 heterocycles. The SMILES string of the molecule is CCOC(=O)C1CCN(C(=O)C(C)Sc2nnc(NCC3CCCO3)s2)CC1. The van der Waals surface area contributed by atoms with Crippen LogP contribution < -0.4 is 5.32 Å². The number of carbonyl (C=O) groups is 2. The number of piperidine rings is 1. The number of hydrogen-bond donors (Lipinski definition) is 1. The van der Waals surface area contributed by atoms with E-state index in [2.05, 4.69) is 15.5 Å². The van der Waals surface area contributed by atoms with E-state index in [1.807, 2.05) is 18.7 Å². The average Bonchev–Trinajstić information content (AvgIpc) is 3.38. The topological polar surface area (TPSA) is 93.7 Å². The molecule has 10 heteroatoms. The highest BCUT2D eigenvalue weighted by Gasteiger charge is 2.30. The number of thioether (sulfide) groups is 1. The van der Waals surface area contributed by atoms with Crippen LogP contribution in [-0.4, -0.2) is 71.2 Å². The van der Waals surface area contributed by atoms with Crippen LogP contribution in [-0.2, 0) is 19.1 Å². The third-order valence-electron chi connectivity index (χ3n) is 4.96. The van der Waals surface area contributed by atoms with Crippen LogP contribution in [0.2, 0.25) is 0 Å². The van der Waals surface area contributed by atoms with E-state index >= 15 is 0 Å². The van der Waals surface area contributed by atoms with Crippen molar-refractivity contribution in [2.45, 2.75) is 55.2 Å². The van der Waals surface area contributed by atoms with E-state index in [0.29, 0.717) is 32.5 Å². The molecule has 1 aromatic rings. The highest BCUT2D eigenvalue weighted by molar-refractivity contribution is 8.02. The van der Waals surface area contributed by atoms with E-state index in [9.17, 15) is 9.59 Å². The van der Waals surface area contributed by atoms with Gasteiger partial charge in [-0.25, -0.2) is 0 Å². The second-order valence-corrected chi connectivity index (χ2v) is 9.57. The molecule has 2 aliphatic heterocycles. The molecule has 8 nitrogen and oxygen atoms in total. The van der Waals surface area contributed by atoms with Crippen LogP contribution in [0.15, 0.2) is 4.34 Å². The smallest absolute Gasteiger partial charge is 0.309 e. The van der Waals surface area contributed by atoms with Crippen molar-refractivity contribution in [2.24, 2.45) is 5.92 Å². The first-order chi connectivity index (χ1) is 13.6. The van der Waals surface area contributed by atoms with Gasteiger partial charge in [0.25, 0.3) is 0 Å². The van der Waals surface area contributed by atoms with Gasteiger partial charge in [0.2, 0.25) is 11.0 Å². The van der Waals surface area contributed by atoms with Crippen LogP contribution in [0.5, 0.6) is 0 Å². The molecule has 0 radical (unpaired) electrons. The number of likely N-dealkylation sites (tertiary alicyclic amines) is 1. The summed E-state index contributed by atoms with van der Waals surface area (Å²) in [6, 6.07) is 0. The molecule has 2 atom stereocenters. The van der Waals surface area contributed by atoms with Gasteiger partial charge in [0.15, 0.2) is 4.34 Å². The minimum absolute atomic E-state index is 0.0800. The lowest BCUT2D eigenvalue weighted by molar-refractivity contribution is -0.151. The van der Waals surface area contributed by atoms with Crippen LogP contribution >= 0.6 is 23.1 Å². The third kappa shape index (κ3) is 5.81. The molecule has 2 aliphatic rings. The minimum atomic E-state index is -0.238. The first kappa shape index (κ1) is 21.3. The first-order valence-corrected chi connectivity index (χ1v) is 11.6. The van der Waals surface area contributed by atoms with Gasteiger partial charge < -0.3 is 19.7 Å². The molecule has 2 fully saturated rings. The molecule has 28 heavy (non-hydrogen) atoms. The van der Waals surface area contributed by atoms with Crippen LogP contribution in [0.4, 0.5) is 5.13 Å². The number of carbonyl (C=O) groups excluding carboxylic acids is 2. The quantitative estimate of drug-likeness (QED) is 0.498. The van der Waals surface area contributed by atoms with Gasteiger partial charge in [0, 0.05) is 26.2 Å². The van der Waals surface area contributed by atoms with Crippen LogP contribution in [0.1, 0.15) is 39.5 Å². The lowest BCUT2D eigenvalue weighted by Crippen LogP contribution is -2.43. The Kier molecular flexibility index (Phi) is 7.92. The molecule has 156 valence electrons. The van der Waals surface area contributed by atoms with Gasteiger partial charge in [-0.2, -0.15) is 0 Å². The largest absolute Gasteiger partial charge is 0.466 e. The zero-order chi connectivity index (χ0) is 19.9. The summed E-state index contributed by atoms with van der Waals surface area (Å²) in [6.07, 6.45) is 3.76. The van der Waals surface area contributed by atoms with Crippen molar-refractivity contribution in [3.8, 4) is 0 Å². The normalized spacial score (nSPS) is 21.5. The van der Waals surface area contributed by atoms with Gasteiger partial charge in [-0.3, -0.25) is 9.59 Å². The summed E-state index contributed by atoms with van der Waals surface area (Å²) in [5.74, 6) is -0.155. The van der Waals surface area contributed by atoms with Gasteiger partial charge in [-0.1, -0.05) is 23.1 Å². The molecular formula is C18H28N4O4S2. The van der Waals surface area contributed by atoms with Crippen molar-refractivity contribution in [2.75, 3.05) is 38.2 Å². The van der Waals surface area contributed by atoms with Crippen molar-refractivity contribution in [1.82, 2.24) is 15.1 Å². The number of nitrogens with one attached hydrogen (secondary N) is 1. The fraction of sp³-hybridized carbons (Fsp3) is 0.778. The second kappa shape index (κ2) is 10.4. The number of aromatic nitrogens is 2. The summed E-state index contributed by atoms with van der Waals surface area (Å²) < 4.78 is 11.4. The number of anilines is 1. The average molecular weight is 429 g/mol. The molecule has 1 aromatic heterocycles. The lowest BCUT2D eigenvalue weighted by Gasteiger charge is -2.32. The lowest BCUT2D eigenvalue weighted by atomic mass is 9.97. The number of rotatable bonds is 8. The maximum absolute atomic E-state index is 12.7. The summed E-state index contributed by atoms with van der Waals surface area (Å²) in [7, 11) is 0. The fourth-order valence-electron chi connectivity index (χ4n) is 3.39. The first-order valence-electron chi connectivity index (χ1n) is 9.88. The fourth-order valence-corrected chi connectivity index (χ4v) is 5.38. The Morgan fingerprint density at radius 3 is 2.82 bits per heavy atom. The summed E-state index contributed by atoms with van der Waals surface area (Å²) in [5, 5.41) is 12.1. The van der Waals surface area contributed by atoms with Gasteiger partial charge in [0.1, 0.15) is 0 Å². The molecular weight excluding hydrogens is 400 g/mol. The summed E-state index contributed by atoms with van der Waals surface area (Å²) in [5.41, 5.74) is 0. The number of amides is 1. The number of ether oxygens (including phenoxy) is 2. The molecule has 0 aromatic carbocycles. The van der Waals surface area contributed by atoms with E-state index in [-0.39, 0.29) is 29.1 Å². The van der Waals surface area contributed by atoms with Crippen LogP contribution in [0.25, 0.3) is 0 Å². The van der Waals surface area contributed by atoms with Crippen LogP contribution in [0, 0.1) is 5.92 Å². The van der Waals surface area contributed by atoms with E-state index in [1.165, 1.54) is 23.1 Å². The van der Waals surface area contributed by atoms with E-state index in [1.54, 1.807) is 0 Å².